The number of aryl methyl sites for hydroxylation is 1. The fourth-order valence-electron chi connectivity index (χ4n) is 2.12. The van der Waals surface area contributed by atoms with Crippen molar-refractivity contribution < 1.29 is 13.2 Å². The van der Waals surface area contributed by atoms with Crippen LogP contribution in [0.25, 0.3) is 0 Å². The second-order valence-electron chi connectivity index (χ2n) is 5.20. The van der Waals surface area contributed by atoms with Crippen LogP contribution in [-0.4, -0.2) is 32.3 Å². The van der Waals surface area contributed by atoms with Gasteiger partial charge in [-0.25, -0.2) is 8.42 Å². The molecule has 110 valence electrons. The van der Waals surface area contributed by atoms with Crippen molar-refractivity contribution in [1.82, 2.24) is 4.90 Å². The zero-order chi connectivity index (χ0) is 14.9. The molecule has 2 rings (SSSR count). The van der Waals surface area contributed by atoms with Gasteiger partial charge >= 0.3 is 0 Å². The van der Waals surface area contributed by atoms with Gasteiger partial charge in [-0.1, -0.05) is 6.07 Å². The van der Waals surface area contributed by atoms with Crippen LogP contribution in [0.1, 0.15) is 35.7 Å². The molecule has 20 heavy (non-hydrogen) atoms. The first-order valence-electron chi connectivity index (χ1n) is 6.67. The van der Waals surface area contributed by atoms with Crippen molar-refractivity contribution in [3.63, 3.8) is 0 Å². The van der Waals surface area contributed by atoms with E-state index in [1.165, 1.54) is 25.0 Å². The summed E-state index contributed by atoms with van der Waals surface area (Å²) in [5, 5.41) is 0. The van der Waals surface area contributed by atoms with Crippen molar-refractivity contribution in [2.45, 2.75) is 31.6 Å². The normalized spacial score (nSPS) is 15.2. The third-order valence-corrected chi connectivity index (χ3v) is 4.92. The summed E-state index contributed by atoms with van der Waals surface area (Å²) in [5.41, 5.74) is 1.17. The average Bonchev–Trinajstić information content (AvgIpc) is 3.18. The molecule has 4 nitrogen and oxygen atoms in total. The Bertz CT molecular complexity index is 623. The standard InChI is InChI=1S/C14H18ClNO3S/c1-3-16(9-11-5-6-11)14(17)13-8-12(20(15,18)19)7-4-10(13)2/h4,7-8,11H,3,5-6,9H2,1-2H3. The van der Waals surface area contributed by atoms with E-state index in [-0.39, 0.29) is 10.8 Å². The summed E-state index contributed by atoms with van der Waals surface area (Å²) in [6.45, 7) is 5.08. The second kappa shape index (κ2) is 5.74. The Hall–Kier alpha value is -1.07. The van der Waals surface area contributed by atoms with Gasteiger partial charge in [0.1, 0.15) is 0 Å². The van der Waals surface area contributed by atoms with Crippen LogP contribution in [0.2, 0.25) is 0 Å². The first kappa shape index (κ1) is 15.3. The molecule has 0 atom stereocenters. The molecule has 0 aliphatic heterocycles. The van der Waals surface area contributed by atoms with Gasteiger partial charge < -0.3 is 4.90 Å². The van der Waals surface area contributed by atoms with E-state index in [2.05, 4.69) is 0 Å². The average molecular weight is 316 g/mol. The highest BCUT2D eigenvalue weighted by atomic mass is 35.7. The van der Waals surface area contributed by atoms with E-state index in [1.807, 2.05) is 6.92 Å². The van der Waals surface area contributed by atoms with E-state index in [1.54, 1.807) is 17.9 Å². The number of rotatable bonds is 5. The summed E-state index contributed by atoms with van der Waals surface area (Å²) in [7, 11) is 1.53. The number of halogens is 1. The number of nitrogens with zero attached hydrogens (tertiary/aromatic N) is 1. The van der Waals surface area contributed by atoms with Gasteiger partial charge in [0.25, 0.3) is 15.0 Å². The quantitative estimate of drug-likeness (QED) is 0.785. The molecular formula is C14H18ClNO3S. The van der Waals surface area contributed by atoms with E-state index >= 15 is 0 Å². The van der Waals surface area contributed by atoms with Crippen LogP contribution in [0, 0.1) is 12.8 Å². The van der Waals surface area contributed by atoms with Crippen LogP contribution in [0.5, 0.6) is 0 Å². The van der Waals surface area contributed by atoms with Gasteiger partial charge in [0.15, 0.2) is 0 Å². The summed E-state index contributed by atoms with van der Waals surface area (Å²) in [4.78, 5) is 14.3. The van der Waals surface area contributed by atoms with Gasteiger partial charge in [0.2, 0.25) is 0 Å². The SMILES string of the molecule is CCN(CC1CC1)C(=O)c1cc(S(=O)(=O)Cl)ccc1C. The van der Waals surface area contributed by atoms with Crippen LogP contribution in [0.15, 0.2) is 23.1 Å². The summed E-state index contributed by atoms with van der Waals surface area (Å²) in [6.07, 6.45) is 2.33. The van der Waals surface area contributed by atoms with E-state index in [0.717, 1.165) is 12.1 Å². The maximum Gasteiger partial charge on any atom is 0.261 e. The van der Waals surface area contributed by atoms with Crippen LogP contribution in [-0.2, 0) is 9.05 Å². The monoisotopic (exact) mass is 315 g/mol. The van der Waals surface area contributed by atoms with Gasteiger partial charge in [-0.15, -0.1) is 0 Å². The maximum absolute atomic E-state index is 12.5. The lowest BCUT2D eigenvalue weighted by Crippen LogP contribution is -2.33. The van der Waals surface area contributed by atoms with Crippen molar-refractivity contribution >= 4 is 25.6 Å². The number of hydrogen-bond acceptors (Lipinski definition) is 3. The molecule has 1 amide bonds. The Morgan fingerprint density at radius 1 is 1.40 bits per heavy atom. The number of amides is 1. The Morgan fingerprint density at radius 2 is 2.05 bits per heavy atom. The molecule has 1 aromatic carbocycles. The van der Waals surface area contributed by atoms with Gasteiger partial charge in [0, 0.05) is 29.3 Å². The number of carbonyl (C=O) groups excluding carboxylic acids is 1. The molecule has 6 heteroatoms. The number of hydrogen-bond donors (Lipinski definition) is 0. The molecule has 0 unspecified atom stereocenters. The van der Waals surface area contributed by atoms with Crippen molar-refractivity contribution in [2.75, 3.05) is 13.1 Å². The van der Waals surface area contributed by atoms with Gasteiger partial charge in [0.05, 0.1) is 4.90 Å². The molecule has 0 bridgehead atoms. The molecule has 0 radical (unpaired) electrons. The molecule has 0 saturated heterocycles. The molecule has 1 fully saturated rings. The smallest absolute Gasteiger partial charge is 0.261 e. The number of benzene rings is 1. The van der Waals surface area contributed by atoms with E-state index < -0.39 is 9.05 Å². The molecule has 1 saturated carbocycles. The minimum absolute atomic E-state index is 0.0319. The Labute approximate surface area is 124 Å². The molecule has 1 aliphatic carbocycles. The summed E-state index contributed by atoms with van der Waals surface area (Å²) in [5.74, 6) is 0.471. The molecular weight excluding hydrogens is 298 g/mol. The first-order valence-corrected chi connectivity index (χ1v) is 8.98. The van der Waals surface area contributed by atoms with Crippen molar-refractivity contribution in [3.05, 3.63) is 29.3 Å². The maximum atomic E-state index is 12.5. The second-order valence-corrected chi connectivity index (χ2v) is 7.77. The fourth-order valence-corrected chi connectivity index (χ4v) is 2.90. The minimum atomic E-state index is -3.82. The van der Waals surface area contributed by atoms with Gasteiger partial charge in [-0.2, -0.15) is 0 Å². The molecule has 1 aliphatic rings. The van der Waals surface area contributed by atoms with Crippen molar-refractivity contribution in [2.24, 2.45) is 5.92 Å². The molecule has 0 heterocycles. The molecule has 0 spiro atoms. The molecule has 0 N–H and O–H groups in total. The zero-order valence-corrected chi connectivity index (χ0v) is 13.2. The molecule has 0 aromatic heterocycles. The van der Waals surface area contributed by atoms with Gasteiger partial charge in [-0.3, -0.25) is 4.79 Å². The predicted molar refractivity (Wildman–Crippen MR) is 78.5 cm³/mol. The van der Waals surface area contributed by atoms with Crippen molar-refractivity contribution in [3.8, 4) is 0 Å². The lowest BCUT2D eigenvalue weighted by molar-refractivity contribution is 0.0756. The van der Waals surface area contributed by atoms with Crippen LogP contribution in [0.3, 0.4) is 0 Å². The zero-order valence-electron chi connectivity index (χ0n) is 11.6. The van der Waals surface area contributed by atoms with E-state index in [9.17, 15) is 13.2 Å². The highest BCUT2D eigenvalue weighted by molar-refractivity contribution is 8.13. The third-order valence-electron chi connectivity index (χ3n) is 3.57. The topological polar surface area (TPSA) is 54.5 Å². The van der Waals surface area contributed by atoms with Crippen LogP contribution >= 0.6 is 10.7 Å². The Morgan fingerprint density at radius 3 is 2.55 bits per heavy atom. The summed E-state index contributed by atoms with van der Waals surface area (Å²) >= 11 is 0. The van der Waals surface area contributed by atoms with E-state index in [0.29, 0.717) is 18.0 Å². The number of carbonyl (C=O) groups is 1. The Kier molecular flexibility index (Phi) is 4.39. The van der Waals surface area contributed by atoms with E-state index in [4.69, 9.17) is 10.7 Å². The highest BCUT2D eigenvalue weighted by Crippen LogP contribution is 2.30. The third kappa shape index (κ3) is 3.52. The highest BCUT2D eigenvalue weighted by Gasteiger charge is 2.27. The molecule has 1 aromatic rings. The summed E-state index contributed by atoms with van der Waals surface area (Å²) in [6, 6.07) is 4.41. The minimum Gasteiger partial charge on any atom is -0.339 e. The van der Waals surface area contributed by atoms with Crippen LogP contribution < -0.4 is 0 Å². The first-order chi connectivity index (χ1) is 9.32. The predicted octanol–water partition coefficient (Wildman–Crippen LogP) is 2.79. The van der Waals surface area contributed by atoms with Crippen molar-refractivity contribution in [1.29, 1.82) is 0 Å². The summed E-state index contributed by atoms with van der Waals surface area (Å²) < 4.78 is 22.8. The fraction of sp³-hybridized carbons (Fsp3) is 0.500. The Balaban J connectivity index is 2.32. The lowest BCUT2D eigenvalue weighted by atomic mass is 10.1. The largest absolute Gasteiger partial charge is 0.339 e. The lowest BCUT2D eigenvalue weighted by Gasteiger charge is -2.22. The van der Waals surface area contributed by atoms with Gasteiger partial charge in [-0.05, 0) is 50.3 Å². The van der Waals surface area contributed by atoms with Crippen LogP contribution in [0.4, 0.5) is 0 Å².